The van der Waals surface area contributed by atoms with Crippen LogP contribution < -0.4 is 15.9 Å². The highest BCUT2D eigenvalue weighted by Crippen LogP contribution is 2.34. The van der Waals surface area contributed by atoms with E-state index < -0.39 is 7.92 Å². The smallest absolute Gasteiger partial charge is 0.0412 e. The zero-order valence-corrected chi connectivity index (χ0v) is 13.5. The van der Waals surface area contributed by atoms with Gasteiger partial charge in [-0.1, -0.05) is 78.3 Å². The molecule has 0 aliphatic heterocycles. The van der Waals surface area contributed by atoms with Gasteiger partial charge in [0.15, 0.2) is 0 Å². The van der Waals surface area contributed by atoms with Gasteiger partial charge in [-0.15, -0.1) is 0 Å². The average molecular weight is 311 g/mol. The molecule has 0 saturated heterocycles. The van der Waals surface area contributed by atoms with Gasteiger partial charge in [0.05, 0.1) is 0 Å². The van der Waals surface area contributed by atoms with Crippen molar-refractivity contribution in [1.82, 2.24) is 0 Å². The fourth-order valence-corrected chi connectivity index (χ4v) is 5.14. The average Bonchev–Trinajstić information content (AvgIpc) is 2.53. The van der Waals surface area contributed by atoms with Crippen LogP contribution in [-0.2, 0) is 0 Å². The summed E-state index contributed by atoms with van der Waals surface area (Å²) in [4.78, 5) is 0. The maximum Gasteiger partial charge on any atom is 0.0412 e. The molecule has 0 radical (unpaired) electrons. The molecule has 0 spiro atoms. The molecule has 3 aromatic rings. The Morgan fingerprint density at radius 2 is 1.24 bits per heavy atom. The summed E-state index contributed by atoms with van der Waals surface area (Å²) in [7, 11) is -0.567. The van der Waals surface area contributed by atoms with Crippen LogP contribution in [0.4, 0.5) is 0 Å². The van der Waals surface area contributed by atoms with Gasteiger partial charge in [-0.3, -0.25) is 0 Å². The van der Waals surface area contributed by atoms with Gasteiger partial charge in [0.1, 0.15) is 0 Å². The highest BCUT2D eigenvalue weighted by atomic mass is 35.5. The molecule has 0 nitrogen and oxygen atoms in total. The molecule has 0 N–H and O–H groups in total. The van der Waals surface area contributed by atoms with E-state index in [1.807, 2.05) is 6.07 Å². The summed E-state index contributed by atoms with van der Waals surface area (Å²) in [5, 5.41) is 4.83. The largest absolute Gasteiger partial charge is 0.0843 e. The van der Waals surface area contributed by atoms with Crippen molar-refractivity contribution in [3.05, 3.63) is 89.4 Å². The number of rotatable bonds is 3. The van der Waals surface area contributed by atoms with Crippen molar-refractivity contribution >= 4 is 35.4 Å². The first-order chi connectivity index (χ1) is 10.3. The van der Waals surface area contributed by atoms with Gasteiger partial charge in [-0.05, 0) is 48.5 Å². The Labute approximate surface area is 132 Å². The summed E-state index contributed by atoms with van der Waals surface area (Å²) in [6.07, 6.45) is 0. The quantitative estimate of drug-likeness (QED) is 0.629. The van der Waals surface area contributed by atoms with Gasteiger partial charge in [0.2, 0.25) is 0 Å². The monoisotopic (exact) mass is 310 g/mol. The van der Waals surface area contributed by atoms with Crippen LogP contribution in [0, 0.1) is 6.92 Å². The highest BCUT2D eigenvalue weighted by molar-refractivity contribution is 7.79. The Balaban J connectivity index is 2.20. The van der Waals surface area contributed by atoms with Crippen LogP contribution in [0.3, 0.4) is 0 Å². The minimum atomic E-state index is -0.567. The molecule has 0 atom stereocenters. The van der Waals surface area contributed by atoms with E-state index >= 15 is 0 Å². The summed E-state index contributed by atoms with van der Waals surface area (Å²) in [5.41, 5.74) is 1.29. The molecule has 0 unspecified atom stereocenters. The standard InChI is InChI=1S/C19H16ClP/c1-15-12-13-16(20)14-19(15)21(17-8-4-2-5-9-17)18-10-6-3-7-11-18/h2-14H,1H3. The Morgan fingerprint density at radius 1 is 0.714 bits per heavy atom. The molecule has 3 aromatic carbocycles. The lowest BCUT2D eigenvalue weighted by atomic mass is 10.2. The van der Waals surface area contributed by atoms with E-state index in [0.29, 0.717) is 0 Å². The summed E-state index contributed by atoms with van der Waals surface area (Å²) in [6, 6.07) is 27.6. The molecule has 0 bridgehead atoms. The van der Waals surface area contributed by atoms with Gasteiger partial charge < -0.3 is 0 Å². The molecular weight excluding hydrogens is 295 g/mol. The number of benzene rings is 3. The summed E-state index contributed by atoms with van der Waals surface area (Å²) >= 11 is 6.25. The number of halogens is 1. The summed E-state index contributed by atoms with van der Waals surface area (Å²) in [5.74, 6) is 0. The molecule has 21 heavy (non-hydrogen) atoms. The van der Waals surface area contributed by atoms with E-state index in [1.165, 1.54) is 21.5 Å². The lowest BCUT2D eigenvalue weighted by Gasteiger charge is -2.21. The third-order valence-electron chi connectivity index (χ3n) is 3.44. The zero-order chi connectivity index (χ0) is 14.7. The molecular formula is C19H16ClP. The zero-order valence-electron chi connectivity index (χ0n) is 11.8. The topological polar surface area (TPSA) is 0 Å². The second-order valence-electron chi connectivity index (χ2n) is 4.94. The van der Waals surface area contributed by atoms with Crippen molar-refractivity contribution in [2.45, 2.75) is 6.92 Å². The maximum absolute atomic E-state index is 6.25. The lowest BCUT2D eigenvalue weighted by Crippen LogP contribution is -2.22. The van der Waals surface area contributed by atoms with E-state index in [9.17, 15) is 0 Å². The fourth-order valence-electron chi connectivity index (χ4n) is 2.40. The normalized spacial score (nSPS) is 10.8. The van der Waals surface area contributed by atoms with E-state index in [0.717, 1.165) is 5.02 Å². The molecule has 104 valence electrons. The van der Waals surface area contributed by atoms with E-state index in [-0.39, 0.29) is 0 Å². The molecule has 0 aromatic heterocycles. The van der Waals surface area contributed by atoms with Crippen LogP contribution in [0.25, 0.3) is 0 Å². The minimum Gasteiger partial charge on any atom is -0.0843 e. The van der Waals surface area contributed by atoms with Crippen molar-refractivity contribution < 1.29 is 0 Å². The number of aryl methyl sites for hydroxylation is 1. The van der Waals surface area contributed by atoms with Crippen LogP contribution in [0.15, 0.2) is 78.9 Å². The first kappa shape index (κ1) is 14.3. The Hall–Kier alpha value is -1.62. The van der Waals surface area contributed by atoms with Gasteiger partial charge in [0.25, 0.3) is 0 Å². The predicted molar refractivity (Wildman–Crippen MR) is 94.9 cm³/mol. The van der Waals surface area contributed by atoms with Crippen LogP contribution in [0.1, 0.15) is 5.56 Å². The second kappa shape index (κ2) is 6.43. The van der Waals surface area contributed by atoms with E-state index in [4.69, 9.17) is 11.6 Å². The Morgan fingerprint density at radius 3 is 1.76 bits per heavy atom. The molecule has 0 fully saturated rings. The SMILES string of the molecule is Cc1ccc(Cl)cc1P(c1ccccc1)c1ccccc1. The van der Waals surface area contributed by atoms with Crippen molar-refractivity contribution in [2.24, 2.45) is 0 Å². The Bertz CT molecular complexity index is 684. The van der Waals surface area contributed by atoms with Gasteiger partial charge in [-0.25, -0.2) is 0 Å². The molecule has 0 saturated carbocycles. The molecule has 0 amide bonds. The van der Waals surface area contributed by atoms with Crippen LogP contribution in [-0.4, -0.2) is 0 Å². The van der Waals surface area contributed by atoms with Gasteiger partial charge in [0, 0.05) is 5.02 Å². The third-order valence-corrected chi connectivity index (χ3v) is 6.27. The first-order valence-electron chi connectivity index (χ1n) is 6.92. The van der Waals surface area contributed by atoms with Gasteiger partial charge >= 0.3 is 0 Å². The maximum atomic E-state index is 6.25. The van der Waals surface area contributed by atoms with Crippen molar-refractivity contribution in [1.29, 1.82) is 0 Å². The van der Waals surface area contributed by atoms with Crippen LogP contribution in [0.2, 0.25) is 5.02 Å². The fraction of sp³-hybridized carbons (Fsp3) is 0.0526. The molecule has 3 rings (SSSR count). The highest BCUT2D eigenvalue weighted by Gasteiger charge is 2.18. The first-order valence-corrected chi connectivity index (χ1v) is 8.64. The van der Waals surface area contributed by atoms with Crippen molar-refractivity contribution in [3.8, 4) is 0 Å². The molecule has 2 heteroatoms. The molecule has 0 aliphatic rings. The number of hydrogen-bond donors (Lipinski definition) is 0. The predicted octanol–water partition coefficient (Wildman–Crippen LogP) is 4.41. The van der Waals surface area contributed by atoms with Crippen LogP contribution in [0.5, 0.6) is 0 Å². The minimum absolute atomic E-state index is 0.567. The molecule has 0 heterocycles. The Kier molecular flexibility index (Phi) is 4.39. The summed E-state index contributed by atoms with van der Waals surface area (Å²) in [6.45, 7) is 2.16. The third kappa shape index (κ3) is 3.18. The number of hydrogen-bond acceptors (Lipinski definition) is 0. The van der Waals surface area contributed by atoms with E-state index in [1.54, 1.807) is 0 Å². The molecule has 0 aliphatic carbocycles. The summed E-state index contributed by atoms with van der Waals surface area (Å²) < 4.78 is 0. The van der Waals surface area contributed by atoms with E-state index in [2.05, 4.69) is 79.7 Å². The van der Waals surface area contributed by atoms with Crippen molar-refractivity contribution in [2.75, 3.05) is 0 Å². The second-order valence-corrected chi connectivity index (χ2v) is 7.56. The van der Waals surface area contributed by atoms with Crippen molar-refractivity contribution in [3.63, 3.8) is 0 Å². The lowest BCUT2D eigenvalue weighted by molar-refractivity contribution is 1.52. The van der Waals surface area contributed by atoms with Gasteiger partial charge in [-0.2, -0.15) is 0 Å². The van der Waals surface area contributed by atoms with Crippen LogP contribution >= 0.6 is 19.5 Å².